The van der Waals surface area contributed by atoms with Gasteiger partial charge in [0.15, 0.2) is 0 Å². The SMILES string of the molecule is CCS(=O)(=O)N(c1ncc(C(=O)c2cc(F)ccc2OC)c(N)n1)C1CCNC1. The van der Waals surface area contributed by atoms with Crippen LogP contribution in [0.5, 0.6) is 5.75 Å². The molecule has 1 fully saturated rings. The first-order chi connectivity index (χ1) is 13.8. The minimum absolute atomic E-state index is 0.0337. The first kappa shape index (κ1) is 20.9. The molecule has 0 bridgehead atoms. The number of benzene rings is 1. The van der Waals surface area contributed by atoms with Crippen molar-refractivity contribution in [1.29, 1.82) is 0 Å². The third-order valence-electron chi connectivity index (χ3n) is 4.68. The number of ketones is 1. The zero-order chi connectivity index (χ0) is 21.2. The number of nitrogen functional groups attached to an aromatic ring is 1. The van der Waals surface area contributed by atoms with Crippen LogP contribution in [-0.4, -0.2) is 56.2 Å². The van der Waals surface area contributed by atoms with Gasteiger partial charge in [-0.25, -0.2) is 22.1 Å². The van der Waals surface area contributed by atoms with E-state index in [1.807, 2.05) is 0 Å². The average Bonchev–Trinajstić information content (AvgIpc) is 3.21. The summed E-state index contributed by atoms with van der Waals surface area (Å²) in [5.74, 6) is -1.49. The largest absolute Gasteiger partial charge is 0.496 e. The third-order valence-corrected chi connectivity index (χ3v) is 6.47. The maximum atomic E-state index is 13.6. The smallest absolute Gasteiger partial charge is 0.241 e. The van der Waals surface area contributed by atoms with Crippen molar-refractivity contribution < 1.29 is 22.3 Å². The molecule has 11 heteroatoms. The Kier molecular flexibility index (Phi) is 5.99. The van der Waals surface area contributed by atoms with Gasteiger partial charge in [0.25, 0.3) is 0 Å². The van der Waals surface area contributed by atoms with E-state index in [2.05, 4.69) is 15.3 Å². The summed E-state index contributed by atoms with van der Waals surface area (Å²) in [6, 6.07) is 3.19. The summed E-state index contributed by atoms with van der Waals surface area (Å²) in [5.41, 5.74) is 5.86. The number of methoxy groups -OCH3 is 1. The van der Waals surface area contributed by atoms with Crippen molar-refractivity contribution >= 4 is 27.6 Å². The molecule has 1 unspecified atom stereocenters. The number of ether oxygens (including phenoxy) is 1. The predicted molar refractivity (Wildman–Crippen MR) is 106 cm³/mol. The van der Waals surface area contributed by atoms with Crippen LogP contribution >= 0.6 is 0 Å². The Morgan fingerprint density at radius 2 is 2.17 bits per heavy atom. The van der Waals surface area contributed by atoms with Crippen LogP contribution in [0.1, 0.15) is 29.3 Å². The highest BCUT2D eigenvalue weighted by molar-refractivity contribution is 7.92. The fourth-order valence-corrected chi connectivity index (χ4v) is 4.41. The number of nitrogens with two attached hydrogens (primary N) is 1. The highest BCUT2D eigenvalue weighted by Crippen LogP contribution is 2.27. The van der Waals surface area contributed by atoms with Gasteiger partial charge in [0.1, 0.15) is 17.4 Å². The standard InChI is InChI=1S/C18H22FN5O4S/c1-3-29(26,27)24(12-6-7-21-9-12)18-22-10-14(17(20)23-18)16(25)13-8-11(19)4-5-15(13)28-2/h4-5,8,10,12,21H,3,6-7,9H2,1-2H3,(H2,20,22,23). The number of aromatic nitrogens is 2. The molecule has 1 aliphatic rings. The Morgan fingerprint density at radius 1 is 1.41 bits per heavy atom. The predicted octanol–water partition coefficient (Wildman–Crippen LogP) is 0.956. The van der Waals surface area contributed by atoms with Gasteiger partial charge in [-0.15, -0.1) is 0 Å². The lowest BCUT2D eigenvalue weighted by atomic mass is 10.0. The Morgan fingerprint density at radius 3 is 2.76 bits per heavy atom. The third kappa shape index (κ3) is 4.15. The highest BCUT2D eigenvalue weighted by Gasteiger charge is 2.34. The van der Waals surface area contributed by atoms with Gasteiger partial charge < -0.3 is 15.8 Å². The Hall–Kier alpha value is -2.79. The summed E-state index contributed by atoms with van der Waals surface area (Å²) in [7, 11) is -2.30. The van der Waals surface area contributed by atoms with E-state index < -0.39 is 21.6 Å². The lowest BCUT2D eigenvalue weighted by Gasteiger charge is -2.27. The second-order valence-corrected chi connectivity index (χ2v) is 8.62. The van der Waals surface area contributed by atoms with E-state index in [0.29, 0.717) is 19.5 Å². The number of nitrogens with zero attached hydrogens (tertiary/aromatic N) is 3. The minimum atomic E-state index is -3.66. The lowest BCUT2D eigenvalue weighted by Crippen LogP contribution is -2.43. The van der Waals surface area contributed by atoms with Crippen LogP contribution in [-0.2, 0) is 10.0 Å². The molecule has 0 radical (unpaired) electrons. The molecule has 1 aliphatic heterocycles. The van der Waals surface area contributed by atoms with E-state index >= 15 is 0 Å². The molecule has 0 saturated carbocycles. The number of anilines is 2. The fourth-order valence-electron chi connectivity index (χ4n) is 3.16. The Labute approximate surface area is 168 Å². The van der Waals surface area contributed by atoms with E-state index in [4.69, 9.17) is 10.5 Å². The Balaban J connectivity index is 2.01. The monoisotopic (exact) mass is 423 g/mol. The van der Waals surface area contributed by atoms with E-state index in [-0.39, 0.29) is 40.4 Å². The molecule has 0 spiro atoms. The van der Waals surface area contributed by atoms with Crippen LogP contribution < -0.4 is 20.1 Å². The molecular formula is C18H22FN5O4S. The molecular weight excluding hydrogens is 401 g/mol. The molecule has 3 N–H and O–H groups in total. The number of sulfonamides is 1. The summed E-state index contributed by atoms with van der Waals surface area (Å²) in [4.78, 5) is 21.0. The van der Waals surface area contributed by atoms with Crippen molar-refractivity contribution in [3.05, 3.63) is 41.3 Å². The normalized spacial score (nSPS) is 16.6. The van der Waals surface area contributed by atoms with Gasteiger partial charge in [0.2, 0.25) is 21.8 Å². The molecule has 3 rings (SSSR count). The zero-order valence-electron chi connectivity index (χ0n) is 16.1. The minimum Gasteiger partial charge on any atom is -0.496 e. The van der Waals surface area contributed by atoms with Crippen LogP contribution in [0.25, 0.3) is 0 Å². The van der Waals surface area contributed by atoms with Gasteiger partial charge in [-0.1, -0.05) is 0 Å². The average molecular weight is 423 g/mol. The van der Waals surface area contributed by atoms with Crippen LogP contribution in [0.3, 0.4) is 0 Å². The van der Waals surface area contributed by atoms with Crippen LogP contribution in [0.4, 0.5) is 16.2 Å². The summed E-state index contributed by atoms with van der Waals surface area (Å²) < 4.78 is 45.1. The number of rotatable bonds is 7. The van der Waals surface area contributed by atoms with Gasteiger partial charge in [0, 0.05) is 12.7 Å². The highest BCUT2D eigenvalue weighted by atomic mass is 32.2. The number of carbonyl (C=O) groups excluding carboxylic acids is 1. The number of hydrogen-bond donors (Lipinski definition) is 2. The molecule has 1 aromatic heterocycles. The van der Waals surface area contributed by atoms with Crippen molar-refractivity contribution in [2.75, 3.05) is 36.0 Å². The lowest BCUT2D eigenvalue weighted by molar-refractivity contribution is 0.103. The fraction of sp³-hybridized carbons (Fsp3) is 0.389. The van der Waals surface area contributed by atoms with Gasteiger partial charge in [-0.05, 0) is 38.1 Å². The van der Waals surface area contributed by atoms with E-state index in [1.54, 1.807) is 0 Å². The summed E-state index contributed by atoms with van der Waals surface area (Å²) in [6.07, 6.45) is 1.76. The second kappa shape index (κ2) is 8.29. The van der Waals surface area contributed by atoms with Gasteiger partial charge in [0.05, 0.1) is 30.0 Å². The molecule has 0 aliphatic carbocycles. The van der Waals surface area contributed by atoms with Crippen molar-refractivity contribution in [2.45, 2.75) is 19.4 Å². The molecule has 1 atom stereocenters. The zero-order valence-corrected chi connectivity index (χ0v) is 16.9. The molecule has 0 amide bonds. The quantitative estimate of drug-likeness (QED) is 0.630. The van der Waals surface area contributed by atoms with E-state index in [9.17, 15) is 17.6 Å². The van der Waals surface area contributed by atoms with Gasteiger partial charge in [-0.2, -0.15) is 4.98 Å². The molecule has 2 aromatic rings. The van der Waals surface area contributed by atoms with E-state index in [1.165, 1.54) is 26.2 Å². The van der Waals surface area contributed by atoms with Gasteiger partial charge >= 0.3 is 0 Å². The summed E-state index contributed by atoms with van der Waals surface area (Å²) >= 11 is 0. The number of nitrogens with one attached hydrogen (secondary N) is 1. The molecule has 1 aromatic carbocycles. The van der Waals surface area contributed by atoms with Crippen molar-refractivity contribution in [3.63, 3.8) is 0 Å². The maximum Gasteiger partial charge on any atom is 0.241 e. The number of hydrogen-bond acceptors (Lipinski definition) is 8. The maximum absolute atomic E-state index is 13.6. The molecule has 1 saturated heterocycles. The second-order valence-electron chi connectivity index (χ2n) is 6.49. The molecule has 2 heterocycles. The van der Waals surface area contributed by atoms with E-state index in [0.717, 1.165) is 16.6 Å². The topological polar surface area (TPSA) is 128 Å². The van der Waals surface area contributed by atoms with Crippen LogP contribution in [0, 0.1) is 5.82 Å². The molecule has 156 valence electrons. The Bertz CT molecular complexity index is 1020. The summed E-state index contributed by atoms with van der Waals surface area (Å²) in [5, 5.41) is 3.11. The van der Waals surface area contributed by atoms with Crippen molar-refractivity contribution in [1.82, 2.24) is 15.3 Å². The molecule has 9 nitrogen and oxygen atoms in total. The van der Waals surface area contributed by atoms with Crippen LogP contribution in [0.15, 0.2) is 24.4 Å². The number of halogens is 1. The van der Waals surface area contributed by atoms with Crippen molar-refractivity contribution in [3.8, 4) is 5.75 Å². The summed E-state index contributed by atoms with van der Waals surface area (Å²) in [6.45, 7) is 2.66. The first-order valence-electron chi connectivity index (χ1n) is 9.02. The van der Waals surface area contributed by atoms with Crippen LogP contribution in [0.2, 0.25) is 0 Å². The molecule has 29 heavy (non-hydrogen) atoms. The first-order valence-corrected chi connectivity index (χ1v) is 10.6. The van der Waals surface area contributed by atoms with Crippen molar-refractivity contribution in [2.24, 2.45) is 0 Å². The number of carbonyl (C=O) groups is 1. The van der Waals surface area contributed by atoms with Gasteiger partial charge in [-0.3, -0.25) is 4.79 Å².